The van der Waals surface area contributed by atoms with Crippen molar-refractivity contribution in [1.29, 1.82) is 0 Å². The number of nitrogens with zero attached hydrogens (tertiary/aromatic N) is 1. The Morgan fingerprint density at radius 3 is 2.75 bits per heavy atom. The molecule has 0 aliphatic carbocycles. The molecule has 3 N–H and O–H groups in total. The molecule has 106 valence electrons. The van der Waals surface area contributed by atoms with Gasteiger partial charge in [0.15, 0.2) is 0 Å². The van der Waals surface area contributed by atoms with Crippen molar-refractivity contribution < 1.29 is 9.90 Å². The van der Waals surface area contributed by atoms with E-state index in [0.29, 0.717) is 12.8 Å². The van der Waals surface area contributed by atoms with Crippen LogP contribution in [0.5, 0.6) is 0 Å². The number of hydrogen-bond donors (Lipinski definition) is 2. The van der Waals surface area contributed by atoms with Crippen LogP contribution in [-0.4, -0.2) is 22.6 Å². The van der Waals surface area contributed by atoms with Gasteiger partial charge in [0, 0.05) is 18.1 Å². The Morgan fingerprint density at radius 2 is 2.10 bits per heavy atom. The molecule has 0 aliphatic heterocycles. The predicted molar refractivity (Wildman–Crippen MR) is 79.5 cm³/mol. The zero-order valence-electron chi connectivity index (χ0n) is 11.7. The van der Waals surface area contributed by atoms with Crippen molar-refractivity contribution in [3.63, 3.8) is 0 Å². The molecule has 0 saturated carbocycles. The third-order valence-corrected chi connectivity index (χ3v) is 3.84. The van der Waals surface area contributed by atoms with Crippen molar-refractivity contribution in [3.05, 3.63) is 42.1 Å². The van der Waals surface area contributed by atoms with E-state index in [4.69, 9.17) is 5.73 Å². The Morgan fingerprint density at radius 1 is 1.35 bits per heavy atom. The van der Waals surface area contributed by atoms with Crippen molar-refractivity contribution in [1.82, 2.24) is 4.98 Å². The molecule has 0 aliphatic rings. The van der Waals surface area contributed by atoms with Crippen LogP contribution in [0.25, 0.3) is 10.9 Å². The van der Waals surface area contributed by atoms with Gasteiger partial charge in [-0.3, -0.25) is 9.78 Å². The minimum Gasteiger partial charge on any atom is -0.481 e. The van der Waals surface area contributed by atoms with Crippen molar-refractivity contribution in [2.45, 2.75) is 26.2 Å². The maximum Gasteiger partial charge on any atom is 0.311 e. The average Bonchev–Trinajstić information content (AvgIpc) is 2.46. The number of carboxylic acids is 1. The number of nitrogens with two attached hydrogens (primary N) is 1. The lowest BCUT2D eigenvalue weighted by atomic mass is 9.77. The van der Waals surface area contributed by atoms with Gasteiger partial charge in [-0.2, -0.15) is 0 Å². The first kappa shape index (κ1) is 14.5. The van der Waals surface area contributed by atoms with Crippen molar-refractivity contribution in [2.75, 3.05) is 6.54 Å². The van der Waals surface area contributed by atoms with Gasteiger partial charge in [-0.25, -0.2) is 0 Å². The van der Waals surface area contributed by atoms with Gasteiger partial charge in [0.05, 0.1) is 10.9 Å². The quantitative estimate of drug-likeness (QED) is 0.847. The fraction of sp³-hybridized carbons (Fsp3) is 0.375. The number of para-hydroxylation sites is 1. The van der Waals surface area contributed by atoms with Crippen LogP contribution in [0.3, 0.4) is 0 Å². The summed E-state index contributed by atoms with van der Waals surface area (Å²) in [5, 5.41) is 10.6. The summed E-state index contributed by atoms with van der Waals surface area (Å²) in [5.74, 6) is -0.817. The zero-order valence-corrected chi connectivity index (χ0v) is 11.7. The summed E-state index contributed by atoms with van der Waals surface area (Å²) in [6, 6.07) is 9.68. The highest BCUT2D eigenvalue weighted by molar-refractivity contribution is 5.83. The molecule has 4 heteroatoms. The molecule has 1 atom stereocenters. The minimum absolute atomic E-state index is 0.146. The molecular formula is C16H20N2O2. The molecule has 2 rings (SSSR count). The van der Waals surface area contributed by atoms with E-state index in [2.05, 4.69) is 4.98 Å². The first-order valence-electron chi connectivity index (χ1n) is 6.89. The van der Waals surface area contributed by atoms with Gasteiger partial charge in [-0.1, -0.05) is 31.5 Å². The molecule has 1 unspecified atom stereocenters. The third-order valence-electron chi connectivity index (χ3n) is 3.84. The Labute approximate surface area is 118 Å². The molecule has 1 aromatic carbocycles. The largest absolute Gasteiger partial charge is 0.481 e. The van der Waals surface area contributed by atoms with Crippen LogP contribution >= 0.6 is 0 Å². The van der Waals surface area contributed by atoms with Crippen molar-refractivity contribution in [3.8, 4) is 0 Å². The Kier molecular flexibility index (Phi) is 4.35. The fourth-order valence-electron chi connectivity index (χ4n) is 2.68. The summed E-state index contributed by atoms with van der Waals surface area (Å²) in [6.45, 7) is 2.13. The van der Waals surface area contributed by atoms with E-state index < -0.39 is 11.4 Å². The molecule has 1 aromatic heterocycles. The van der Waals surface area contributed by atoms with Gasteiger partial charge in [-0.15, -0.1) is 0 Å². The van der Waals surface area contributed by atoms with E-state index in [0.717, 1.165) is 22.9 Å². The highest BCUT2D eigenvalue weighted by Gasteiger charge is 2.36. The second-order valence-electron chi connectivity index (χ2n) is 5.20. The summed E-state index contributed by atoms with van der Waals surface area (Å²) >= 11 is 0. The Bertz CT molecular complexity index is 607. The van der Waals surface area contributed by atoms with Gasteiger partial charge in [-0.05, 0) is 30.5 Å². The lowest BCUT2D eigenvalue weighted by Crippen LogP contribution is -2.40. The van der Waals surface area contributed by atoms with E-state index in [1.54, 1.807) is 6.20 Å². The standard InChI is InChI=1S/C16H20N2O2/c1-2-8-16(11-17,15(19)20)10-12-7-9-18-14-6-4-3-5-13(12)14/h3-7,9H,2,8,10-11,17H2,1H3,(H,19,20). The number of hydrogen-bond acceptors (Lipinski definition) is 3. The maximum absolute atomic E-state index is 11.7. The van der Waals surface area contributed by atoms with Crippen LogP contribution in [0.2, 0.25) is 0 Å². The lowest BCUT2D eigenvalue weighted by molar-refractivity contribution is -0.148. The molecule has 4 nitrogen and oxygen atoms in total. The highest BCUT2D eigenvalue weighted by Crippen LogP contribution is 2.30. The fourth-order valence-corrected chi connectivity index (χ4v) is 2.68. The molecule has 0 radical (unpaired) electrons. The number of aromatic nitrogens is 1. The van der Waals surface area contributed by atoms with E-state index in [1.807, 2.05) is 37.3 Å². The van der Waals surface area contributed by atoms with E-state index in [9.17, 15) is 9.90 Å². The van der Waals surface area contributed by atoms with Gasteiger partial charge >= 0.3 is 5.97 Å². The first-order chi connectivity index (χ1) is 9.63. The number of fused-ring (bicyclic) bond motifs is 1. The molecule has 1 heterocycles. The summed E-state index contributed by atoms with van der Waals surface area (Å²) in [5.41, 5.74) is 6.78. The van der Waals surface area contributed by atoms with Gasteiger partial charge in [0.1, 0.15) is 0 Å². The molecule has 2 aromatic rings. The molecular weight excluding hydrogens is 252 g/mol. The van der Waals surface area contributed by atoms with Crippen molar-refractivity contribution >= 4 is 16.9 Å². The smallest absolute Gasteiger partial charge is 0.311 e. The normalized spacial score (nSPS) is 14.1. The van der Waals surface area contributed by atoms with E-state index in [-0.39, 0.29) is 6.54 Å². The van der Waals surface area contributed by atoms with Crippen LogP contribution < -0.4 is 5.73 Å². The molecule has 0 saturated heterocycles. The topological polar surface area (TPSA) is 76.2 Å². The van der Waals surface area contributed by atoms with Crippen LogP contribution in [0.15, 0.2) is 36.5 Å². The number of aliphatic carboxylic acids is 1. The average molecular weight is 272 g/mol. The van der Waals surface area contributed by atoms with Crippen LogP contribution in [0.4, 0.5) is 0 Å². The van der Waals surface area contributed by atoms with Gasteiger partial charge < -0.3 is 10.8 Å². The summed E-state index contributed by atoms with van der Waals surface area (Å²) in [4.78, 5) is 16.0. The number of carbonyl (C=O) groups is 1. The third kappa shape index (κ3) is 2.65. The zero-order chi connectivity index (χ0) is 14.6. The van der Waals surface area contributed by atoms with Crippen LogP contribution in [-0.2, 0) is 11.2 Å². The molecule has 20 heavy (non-hydrogen) atoms. The molecule has 0 amide bonds. The molecule has 0 fully saturated rings. The second-order valence-corrected chi connectivity index (χ2v) is 5.20. The Balaban J connectivity index is 2.45. The SMILES string of the molecule is CCCC(CN)(Cc1ccnc2ccccc12)C(=O)O. The van der Waals surface area contributed by atoms with Gasteiger partial charge in [0.25, 0.3) is 0 Å². The number of benzene rings is 1. The van der Waals surface area contributed by atoms with Crippen LogP contribution in [0.1, 0.15) is 25.3 Å². The lowest BCUT2D eigenvalue weighted by Gasteiger charge is -2.28. The molecule has 0 bridgehead atoms. The van der Waals surface area contributed by atoms with Crippen LogP contribution in [0, 0.1) is 5.41 Å². The van der Waals surface area contributed by atoms with E-state index >= 15 is 0 Å². The number of carboxylic acid groups (broad SMARTS) is 1. The van der Waals surface area contributed by atoms with Crippen molar-refractivity contribution in [2.24, 2.45) is 11.1 Å². The van der Waals surface area contributed by atoms with E-state index in [1.165, 1.54) is 0 Å². The second kappa shape index (κ2) is 6.01. The maximum atomic E-state index is 11.7. The monoisotopic (exact) mass is 272 g/mol. The minimum atomic E-state index is -0.890. The Hall–Kier alpha value is -1.94. The molecule has 0 spiro atoms. The van der Waals surface area contributed by atoms with Gasteiger partial charge in [0.2, 0.25) is 0 Å². The summed E-state index contributed by atoms with van der Waals surface area (Å²) < 4.78 is 0. The summed E-state index contributed by atoms with van der Waals surface area (Å²) in [6.07, 6.45) is 3.55. The predicted octanol–water partition coefficient (Wildman–Crippen LogP) is 2.61. The number of pyridine rings is 1. The number of rotatable bonds is 6. The first-order valence-corrected chi connectivity index (χ1v) is 6.89. The summed E-state index contributed by atoms with van der Waals surface area (Å²) in [7, 11) is 0. The highest BCUT2D eigenvalue weighted by atomic mass is 16.4.